The molecule has 0 aliphatic rings. The van der Waals surface area contributed by atoms with Gasteiger partial charge in [0.15, 0.2) is 0 Å². The van der Waals surface area contributed by atoms with Crippen LogP contribution in [0.1, 0.15) is 10.4 Å². The van der Waals surface area contributed by atoms with Crippen LogP contribution >= 0.6 is 0 Å². The molecule has 0 aliphatic carbocycles. The van der Waals surface area contributed by atoms with E-state index >= 15 is 0 Å². The van der Waals surface area contributed by atoms with E-state index in [2.05, 4.69) is 15.4 Å². The van der Waals surface area contributed by atoms with E-state index in [-0.39, 0.29) is 5.91 Å². The molecule has 0 fully saturated rings. The maximum Gasteiger partial charge on any atom is 0.277 e. The van der Waals surface area contributed by atoms with E-state index in [1.165, 1.54) is 11.9 Å². The number of hydroxylamine groups is 2. The highest BCUT2D eigenvalue weighted by Gasteiger charge is 2.12. The van der Waals surface area contributed by atoms with Gasteiger partial charge in [-0.25, -0.2) is 5.06 Å². The number of benzene rings is 1. The zero-order chi connectivity index (χ0) is 13.1. The van der Waals surface area contributed by atoms with Crippen molar-refractivity contribution in [3.63, 3.8) is 0 Å². The number of rotatable bonds is 3. The molecule has 18 heavy (non-hydrogen) atoms. The Morgan fingerprint density at radius 1 is 1.33 bits per heavy atom. The molecule has 7 heteroatoms. The Morgan fingerprint density at radius 3 is 2.50 bits per heavy atom. The van der Waals surface area contributed by atoms with E-state index in [4.69, 9.17) is 4.84 Å². The molecule has 0 spiro atoms. The van der Waals surface area contributed by atoms with E-state index < -0.39 is 0 Å². The summed E-state index contributed by atoms with van der Waals surface area (Å²) in [6.07, 6.45) is 0. The molecule has 0 saturated heterocycles. The van der Waals surface area contributed by atoms with Gasteiger partial charge in [0, 0.05) is 18.2 Å². The van der Waals surface area contributed by atoms with Crippen molar-refractivity contribution in [2.75, 3.05) is 14.2 Å². The first-order chi connectivity index (χ1) is 8.61. The summed E-state index contributed by atoms with van der Waals surface area (Å²) >= 11 is 0. The first-order valence-corrected chi connectivity index (χ1v) is 5.28. The number of aromatic nitrogens is 4. The lowest BCUT2D eigenvalue weighted by Crippen LogP contribution is -2.25. The Kier molecular flexibility index (Phi) is 3.33. The highest BCUT2D eigenvalue weighted by Crippen LogP contribution is 2.15. The molecule has 94 valence electrons. The third kappa shape index (κ3) is 2.35. The molecule has 1 aromatic heterocycles. The molecule has 0 unspecified atom stereocenters. The van der Waals surface area contributed by atoms with Crippen LogP contribution in [0, 0.1) is 0 Å². The van der Waals surface area contributed by atoms with Gasteiger partial charge in [-0.1, -0.05) is 12.1 Å². The fourth-order valence-corrected chi connectivity index (χ4v) is 1.43. The van der Waals surface area contributed by atoms with Crippen LogP contribution in [0.4, 0.5) is 0 Å². The summed E-state index contributed by atoms with van der Waals surface area (Å²) in [7, 11) is 4.69. The van der Waals surface area contributed by atoms with Crippen LogP contribution in [0.15, 0.2) is 24.3 Å². The first kappa shape index (κ1) is 12.2. The number of tetrazole rings is 1. The van der Waals surface area contributed by atoms with Crippen LogP contribution in [-0.2, 0) is 11.9 Å². The number of carbonyl (C=O) groups excluding carboxylic acids is 1. The van der Waals surface area contributed by atoms with Crippen molar-refractivity contribution in [1.82, 2.24) is 25.3 Å². The average Bonchev–Trinajstić information content (AvgIpc) is 2.84. The minimum Gasteiger partial charge on any atom is -0.274 e. The minimum atomic E-state index is -0.212. The van der Waals surface area contributed by atoms with Gasteiger partial charge in [-0.3, -0.25) is 9.63 Å². The molecule has 0 radical (unpaired) electrons. The summed E-state index contributed by atoms with van der Waals surface area (Å²) in [6.45, 7) is 0. The minimum absolute atomic E-state index is 0.212. The molecule has 0 bridgehead atoms. The summed E-state index contributed by atoms with van der Waals surface area (Å²) < 4.78 is 0. The standard InChI is InChI=1S/C11H13N5O2/c1-15(18-3)11(17)9-6-4-8(5-7-9)10-12-14-16(2)13-10/h4-7H,1-3H3. The Morgan fingerprint density at radius 2 is 2.00 bits per heavy atom. The van der Waals surface area contributed by atoms with Gasteiger partial charge in [-0.2, -0.15) is 4.80 Å². The van der Waals surface area contributed by atoms with Crippen molar-refractivity contribution in [3.05, 3.63) is 29.8 Å². The molecule has 0 atom stereocenters. The summed E-state index contributed by atoms with van der Waals surface area (Å²) in [5.74, 6) is 0.313. The van der Waals surface area contributed by atoms with Crippen molar-refractivity contribution < 1.29 is 9.63 Å². The van der Waals surface area contributed by atoms with Crippen molar-refractivity contribution in [2.45, 2.75) is 0 Å². The number of aryl methyl sites for hydroxylation is 1. The topological polar surface area (TPSA) is 73.1 Å². The molecule has 1 amide bonds. The normalized spacial score (nSPS) is 10.4. The van der Waals surface area contributed by atoms with Gasteiger partial charge < -0.3 is 0 Å². The number of amides is 1. The summed E-state index contributed by atoms with van der Waals surface area (Å²) in [5.41, 5.74) is 1.34. The predicted molar refractivity (Wildman–Crippen MR) is 63.3 cm³/mol. The SMILES string of the molecule is CON(C)C(=O)c1ccc(-c2nnn(C)n2)cc1. The average molecular weight is 247 g/mol. The van der Waals surface area contributed by atoms with E-state index in [1.54, 1.807) is 38.4 Å². The molecule has 2 rings (SSSR count). The van der Waals surface area contributed by atoms with Crippen molar-refractivity contribution in [1.29, 1.82) is 0 Å². The van der Waals surface area contributed by atoms with Crippen LogP contribution < -0.4 is 0 Å². The lowest BCUT2D eigenvalue weighted by Gasteiger charge is -2.13. The zero-order valence-corrected chi connectivity index (χ0v) is 10.4. The van der Waals surface area contributed by atoms with Gasteiger partial charge in [0.1, 0.15) is 0 Å². The second-order valence-corrected chi connectivity index (χ2v) is 3.67. The van der Waals surface area contributed by atoms with Gasteiger partial charge in [0.05, 0.1) is 14.2 Å². The molecule has 0 saturated carbocycles. The highest BCUT2D eigenvalue weighted by atomic mass is 16.7. The summed E-state index contributed by atoms with van der Waals surface area (Å²) in [5, 5.41) is 12.9. The van der Waals surface area contributed by atoms with E-state index in [0.717, 1.165) is 10.6 Å². The Hall–Kier alpha value is -2.28. The van der Waals surface area contributed by atoms with Gasteiger partial charge in [0.2, 0.25) is 5.82 Å². The second kappa shape index (κ2) is 4.92. The molecule has 2 aromatic rings. The Bertz CT molecular complexity index is 549. The van der Waals surface area contributed by atoms with Crippen molar-refractivity contribution in [2.24, 2.45) is 7.05 Å². The quantitative estimate of drug-likeness (QED) is 0.739. The third-order valence-corrected chi connectivity index (χ3v) is 2.46. The largest absolute Gasteiger partial charge is 0.277 e. The maximum atomic E-state index is 11.8. The Balaban J connectivity index is 2.23. The second-order valence-electron chi connectivity index (χ2n) is 3.67. The fraction of sp³-hybridized carbons (Fsp3) is 0.273. The fourth-order valence-electron chi connectivity index (χ4n) is 1.43. The molecular weight excluding hydrogens is 234 g/mol. The van der Waals surface area contributed by atoms with E-state index in [9.17, 15) is 4.79 Å². The molecule has 1 heterocycles. The molecule has 0 N–H and O–H groups in total. The van der Waals surface area contributed by atoms with Crippen molar-refractivity contribution in [3.8, 4) is 11.4 Å². The summed E-state index contributed by atoms with van der Waals surface area (Å²) in [4.78, 5) is 18.0. The number of nitrogens with zero attached hydrogens (tertiary/aromatic N) is 5. The van der Waals surface area contributed by atoms with E-state index in [1.807, 2.05) is 0 Å². The number of hydrogen-bond donors (Lipinski definition) is 0. The van der Waals surface area contributed by atoms with Crippen molar-refractivity contribution >= 4 is 5.91 Å². The highest BCUT2D eigenvalue weighted by molar-refractivity contribution is 5.93. The molecule has 1 aromatic carbocycles. The predicted octanol–water partition coefficient (Wildman–Crippen LogP) is 0.510. The van der Waals surface area contributed by atoms with Crippen LogP contribution in [0.3, 0.4) is 0 Å². The monoisotopic (exact) mass is 247 g/mol. The Labute approximate surface area is 104 Å². The maximum absolute atomic E-state index is 11.8. The lowest BCUT2D eigenvalue weighted by molar-refractivity contribution is -0.0756. The lowest BCUT2D eigenvalue weighted by atomic mass is 10.1. The molecule has 7 nitrogen and oxygen atoms in total. The van der Waals surface area contributed by atoms with Crippen LogP contribution in [-0.4, -0.2) is 45.3 Å². The van der Waals surface area contributed by atoms with Gasteiger partial charge >= 0.3 is 0 Å². The van der Waals surface area contributed by atoms with Gasteiger partial charge in [0.25, 0.3) is 5.91 Å². The van der Waals surface area contributed by atoms with Crippen LogP contribution in [0.2, 0.25) is 0 Å². The summed E-state index contributed by atoms with van der Waals surface area (Å²) in [6, 6.07) is 6.94. The van der Waals surface area contributed by atoms with Gasteiger partial charge in [-0.15, -0.1) is 10.2 Å². The molecular formula is C11H13N5O2. The number of carbonyl (C=O) groups is 1. The molecule has 0 aliphatic heterocycles. The van der Waals surface area contributed by atoms with Crippen LogP contribution in [0.25, 0.3) is 11.4 Å². The van der Waals surface area contributed by atoms with Gasteiger partial charge in [-0.05, 0) is 17.3 Å². The first-order valence-electron chi connectivity index (χ1n) is 5.28. The smallest absolute Gasteiger partial charge is 0.274 e. The van der Waals surface area contributed by atoms with E-state index in [0.29, 0.717) is 11.4 Å². The zero-order valence-electron chi connectivity index (χ0n) is 10.4. The van der Waals surface area contributed by atoms with Crippen LogP contribution in [0.5, 0.6) is 0 Å². The number of hydrogen-bond acceptors (Lipinski definition) is 5. The third-order valence-electron chi connectivity index (χ3n) is 2.46.